The maximum Gasteiger partial charge on any atom is 0.416 e. The molecule has 2 aromatic carbocycles. The molecule has 0 fully saturated rings. The third kappa shape index (κ3) is 5.11. The third-order valence-corrected chi connectivity index (χ3v) is 4.75. The van der Waals surface area contributed by atoms with E-state index >= 15 is 0 Å². The van der Waals surface area contributed by atoms with Crippen molar-refractivity contribution in [3.63, 3.8) is 0 Å². The van der Waals surface area contributed by atoms with Crippen LogP contribution in [0.4, 0.5) is 29.3 Å². The lowest BCUT2D eigenvalue weighted by Crippen LogP contribution is -2.20. The van der Waals surface area contributed by atoms with Crippen molar-refractivity contribution < 1.29 is 22.7 Å². The molecule has 0 aliphatic carbocycles. The Labute approximate surface area is 182 Å². The first kappa shape index (κ1) is 22.5. The Morgan fingerprint density at radius 2 is 1.87 bits per heavy atom. The highest BCUT2D eigenvalue weighted by Gasteiger charge is 2.31. The van der Waals surface area contributed by atoms with E-state index in [2.05, 4.69) is 15.7 Å². The number of halogens is 4. The van der Waals surface area contributed by atoms with E-state index in [0.29, 0.717) is 11.4 Å². The van der Waals surface area contributed by atoms with Crippen molar-refractivity contribution in [2.24, 2.45) is 0 Å². The van der Waals surface area contributed by atoms with Gasteiger partial charge in [0.05, 0.1) is 29.1 Å². The normalized spacial score (nSPS) is 11.5. The predicted molar refractivity (Wildman–Crippen MR) is 114 cm³/mol. The molecule has 0 saturated carbocycles. The third-order valence-electron chi connectivity index (χ3n) is 4.44. The van der Waals surface area contributed by atoms with E-state index in [0.717, 1.165) is 29.5 Å². The summed E-state index contributed by atoms with van der Waals surface area (Å²) in [6.45, 7) is 3.98. The maximum atomic E-state index is 12.8. The van der Waals surface area contributed by atoms with Gasteiger partial charge in [-0.1, -0.05) is 11.6 Å². The lowest BCUT2D eigenvalue weighted by atomic mass is 10.1. The zero-order valence-electron chi connectivity index (χ0n) is 16.9. The summed E-state index contributed by atoms with van der Waals surface area (Å²) in [4.78, 5) is 12.4. The van der Waals surface area contributed by atoms with E-state index in [9.17, 15) is 18.0 Å². The number of nitrogens with zero attached hydrogens (tertiary/aromatic N) is 2. The molecular weight excluding hydrogens is 433 g/mol. The van der Waals surface area contributed by atoms with Crippen molar-refractivity contribution in [3.05, 3.63) is 59.2 Å². The van der Waals surface area contributed by atoms with Gasteiger partial charge in [-0.25, -0.2) is 4.79 Å². The summed E-state index contributed by atoms with van der Waals surface area (Å²) in [6.07, 6.45) is -2.85. The zero-order valence-corrected chi connectivity index (χ0v) is 17.7. The van der Waals surface area contributed by atoms with Crippen molar-refractivity contribution in [2.75, 3.05) is 17.7 Å². The van der Waals surface area contributed by atoms with Gasteiger partial charge < -0.3 is 15.4 Å². The molecule has 164 valence electrons. The lowest BCUT2D eigenvalue weighted by molar-refractivity contribution is -0.137. The second-order valence-corrected chi connectivity index (χ2v) is 7.35. The summed E-state index contributed by atoms with van der Waals surface area (Å²) in [5.41, 5.74) is 1.14. The van der Waals surface area contributed by atoms with Crippen LogP contribution in [-0.2, 0) is 6.18 Å². The van der Waals surface area contributed by atoms with Crippen molar-refractivity contribution in [1.29, 1.82) is 0 Å². The van der Waals surface area contributed by atoms with Crippen LogP contribution in [0.3, 0.4) is 0 Å². The fourth-order valence-electron chi connectivity index (χ4n) is 3.00. The van der Waals surface area contributed by atoms with Gasteiger partial charge in [-0.3, -0.25) is 4.68 Å². The Morgan fingerprint density at radius 3 is 2.48 bits per heavy atom. The number of methoxy groups -OCH3 is 1. The molecule has 0 aliphatic heterocycles. The van der Waals surface area contributed by atoms with Crippen LogP contribution in [0.2, 0.25) is 5.02 Å². The van der Waals surface area contributed by atoms with Crippen LogP contribution in [0.5, 0.6) is 5.75 Å². The number of carbonyl (C=O) groups excluding carboxylic acids is 1. The Bertz CT molecular complexity index is 1100. The van der Waals surface area contributed by atoms with Crippen LogP contribution in [0.25, 0.3) is 11.3 Å². The van der Waals surface area contributed by atoms with Gasteiger partial charge in [0.25, 0.3) is 0 Å². The number of alkyl halides is 3. The summed E-state index contributed by atoms with van der Waals surface area (Å²) < 4.78 is 45.6. The molecule has 0 radical (unpaired) electrons. The number of hydrogen-bond donors (Lipinski definition) is 2. The molecule has 2 N–H and O–H groups in total. The SMILES string of the molecule is COc1ccc(NC(=O)Nc2ccc(C(F)(F)F)cc2Cl)cc1-c1ccnn1C(C)C. The van der Waals surface area contributed by atoms with Gasteiger partial charge in [-0.05, 0) is 56.3 Å². The second kappa shape index (κ2) is 8.89. The number of amides is 2. The van der Waals surface area contributed by atoms with Crippen molar-refractivity contribution in [2.45, 2.75) is 26.1 Å². The fourth-order valence-corrected chi connectivity index (χ4v) is 3.23. The molecule has 0 spiro atoms. The number of carbonyl (C=O) groups is 1. The van der Waals surface area contributed by atoms with Gasteiger partial charge in [-0.2, -0.15) is 18.3 Å². The number of urea groups is 1. The Morgan fingerprint density at radius 1 is 1.13 bits per heavy atom. The fraction of sp³-hybridized carbons (Fsp3) is 0.238. The van der Waals surface area contributed by atoms with Crippen molar-refractivity contribution >= 4 is 29.0 Å². The smallest absolute Gasteiger partial charge is 0.416 e. The highest BCUT2D eigenvalue weighted by atomic mass is 35.5. The van der Waals surface area contributed by atoms with Gasteiger partial charge >= 0.3 is 12.2 Å². The summed E-state index contributed by atoms with van der Waals surface area (Å²) in [5.74, 6) is 0.596. The molecule has 0 atom stereocenters. The average molecular weight is 453 g/mol. The van der Waals surface area contributed by atoms with Crippen LogP contribution in [0, 0.1) is 0 Å². The van der Waals surface area contributed by atoms with Crippen LogP contribution in [-0.4, -0.2) is 22.9 Å². The zero-order chi connectivity index (χ0) is 22.8. The van der Waals surface area contributed by atoms with Crippen LogP contribution >= 0.6 is 11.6 Å². The van der Waals surface area contributed by atoms with E-state index in [1.807, 2.05) is 24.6 Å². The average Bonchev–Trinajstić information content (AvgIpc) is 3.18. The minimum atomic E-state index is -4.52. The Kier molecular flexibility index (Phi) is 6.45. The van der Waals surface area contributed by atoms with Crippen molar-refractivity contribution in [1.82, 2.24) is 9.78 Å². The first-order valence-corrected chi connectivity index (χ1v) is 9.64. The van der Waals surface area contributed by atoms with E-state index in [1.165, 1.54) is 0 Å². The molecule has 3 rings (SSSR count). The molecule has 31 heavy (non-hydrogen) atoms. The first-order valence-electron chi connectivity index (χ1n) is 9.27. The predicted octanol–water partition coefficient (Wildman–Crippen LogP) is 6.46. The molecule has 0 saturated heterocycles. The summed E-state index contributed by atoms with van der Waals surface area (Å²) in [6, 6.07) is 9.07. The van der Waals surface area contributed by atoms with Gasteiger partial charge in [-0.15, -0.1) is 0 Å². The number of anilines is 2. The van der Waals surface area contributed by atoms with Gasteiger partial charge in [0.1, 0.15) is 5.75 Å². The monoisotopic (exact) mass is 452 g/mol. The molecule has 6 nitrogen and oxygen atoms in total. The van der Waals surface area contributed by atoms with E-state index in [4.69, 9.17) is 16.3 Å². The summed E-state index contributed by atoms with van der Waals surface area (Å²) in [5, 5.41) is 9.19. The van der Waals surface area contributed by atoms with Crippen LogP contribution in [0.1, 0.15) is 25.5 Å². The molecule has 10 heteroatoms. The topological polar surface area (TPSA) is 68.2 Å². The number of ether oxygens (including phenoxy) is 1. The largest absolute Gasteiger partial charge is 0.496 e. The highest BCUT2D eigenvalue weighted by molar-refractivity contribution is 6.33. The van der Waals surface area contributed by atoms with Crippen LogP contribution in [0.15, 0.2) is 48.7 Å². The number of benzene rings is 2. The molecule has 0 unspecified atom stereocenters. The molecule has 2 amide bonds. The lowest BCUT2D eigenvalue weighted by Gasteiger charge is -2.16. The maximum absolute atomic E-state index is 12.8. The van der Waals surface area contributed by atoms with E-state index in [1.54, 1.807) is 31.5 Å². The minimum Gasteiger partial charge on any atom is -0.496 e. The summed E-state index contributed by atoms with van der Waals surface area (Å²) in [7, 11) is 1.54. The summed E-state index contributed by atoms with van der Waals surface area (Å²) >= 11 is 5.89. The Balaban J connectivity index is 1.82. The molecule has 1 heterocycles. The standard InChI is InChI=1S/C21H20ClF3N4O2/c1-12(2)29-18(8-9-26-29)15-11-14(5-7-19(15)31-3)27-20(30)28-17-6-4-13(10-16(17)22)21(23,24)25/h4-12H,1-3H3,(H2,27,28,30). The molecular formula is C21H20ClF3N4O2. The number of rotatable bonds is 5. The van der Waals surface area contributed by atoms with Crippen molar-refractivity contribution in [3.8, 4) is 17.0 Å². The Hall–Kier alpha value is -3.20. The van der Waals surface area contributed by atoms with Crippen LogP contribution < -0.4 is 15.4 Å². The highest BCUT2D eigenvalue weighted by Crippen LogP contribution is 2.35. The number of aromatic nitrogens is 2. The quantitative estimate of drug-likeness (QED) is 0.467. The molecule has 0 aliphatic rings. The number of hydrogen-bond acceptors (Lipinski definition) is 3. The second-order valence-electron chi connectivity index (χ2n) is 6.94. The molecule has 1 aromatic heterocycles. The first-order chi connectivity index (χ1) is 14.6. The molecule has 0 bridgehead atoms. The van der Waals surface area contributed by atoms with E-state index < -0.39 is 17.8 Å². The van der Waals surface area contributed by atoms with Gasteiger partial charge in [0.15, 0.2) is 0 Å². The minimum absolute atomic E-state index is 0.0544. The van der Waals surface area contributed by atoms with Gasteiger partial charge in [0.2, 0.25) is 0 Å². The van der Waals surface area contributed by atoms with E-state index in [-0.39, 0.29) is 16.8 Å². The molecule has 3 aromatic rings. The number of nitrogens with one attached hydrogen (secondary N) is 2. The van der Waals surface area contributed by atoms with Gasteiger partial charge in [0, 0.05) is 23.5 Å².